The van der Waals surface area contributed by atoms with Crippen molar-refractivity contribution in [1.29, 1.82) is 0 Å². The third kappa shape index (κ3) is 5.47. The van der Waals surface area contributed by atoms with E-state index < -0.39 is 17.0 Å². The number of aromatic nitrogens is 4. The zero-order valence-corrected chi connectivity index (χ0v) is 19.2. The minimum atomic E-state index is -0.585. The van der Waals surface area contributed by atoms with Gasteiger partial charge in [0.25, 0.3) is 5.91 Å². The van der Waals surface area contributed by atoms with Crippen molar-refractivity contribution in [2.45, 2.75) is 51.2 Å². The molecule has 164 valence electrons. The summed E-state index contributed by atoms with van der Waals surface area (Å²) in [6.45, 7) is 8.20. The van der Waals surface area contributed by atoms with Crippen molar-refractivity contribution < 1.29 is 14.0 Å². The van der Waals surface area contributed by atoms with Crippen LogP contribution in [0.2, 0.25) is 0 Å². The van der Waals surface area contributed by atoms with Crippen molar-refractivity contribution in [3.63, 3.8) is 0 Å². The fourth-order valence-corrected chi connectivity index (χ4v) is 4.45. The number of thioether (sulfide) groups is 1. The number of carbonyl (C=O) groups excluding carboxylic acids is 2. The summed E-state index contributed by atoms with van der Waals surface area (Å²) >= 11 is 2.70. The number of anilines is 1. The lowest BCUT2D eigenvalue weighted by Crippen LogP contribution is -2.26. The van der Waals surface area contributed by atoms with Crippen LogP contribution >= 0.6 is 23.1 Å². The molecule has 0 aliphatic rings. The number of benzene rings is 1. The minimum absolute atomic E-state index is 0.0300. The van der Waals surface area contributed by atoms with E-state index in [0.717, 1.165) is 10.6 Å². The van der Waals surface area contributed by atoms with Gasteiger partial charge in [-0.1, -0.05) is 23.9 Å². The van der Waals surface area contributed by atoms with E-state index in [2.05, 4.69) is 25.8 Å². The van der Waals surface area contributed by atoms with Crippen LogP contribution in [0.1, 0.15) is 40.6 Å². The van der Waals surface area contributed by atoms with Crippen LogP contribution in [0.25, 0.3) is 0 Å². The van der Waals surface area contributed by atoms with Crippen LogP contribution in [0, 0.1) is 19.7 Å². The Morgan fingerprint density at radius 1 is 1.26 bits per heavy atom. The lowest BCUT2D eigenvalue weighted by atomic mass is 10.2. The topological polar surface area (TPSA) is 102 Å². The van der Waals surface area contributed by atoms with Crippen LogP contribution in [-0.4, -0.2) is 36.8 Å². The lowest BCUT2D eigenvalue weighted by molar-refractivity contribution is -0.115. The molecule has 2 N–H and O–H groups in total. The number of hydrogen-bond acceptors (Lipinski definition) is 7. The molecule has 8 nitrogen and oxygen atoms in total. The number of nitrogens with one attached hydrogen (secondary N) is 2. The molecular formula is C20H23FN6O2S2. The summed E-state index contributed by atoms with van der Waals surface area (Å²) in [6.07, 6.45) is 0. The number of amides is 2. The molecule has 0 unspecified atom stereocenters. The highest BCUT2D eigenvalue weighted by atomic mass is 32.2. The van der Waals surface area contributed by atoms with E-state index in [1.807, 2.05) is 25.3 Å². The van der Waals surface area contributed by atoms with Gasteiger partial charge in [-0.25, -0.2) is 9.37 Å². The first-order valence-corrected chi connectivity index (χ1v) is 11.4. The summed E-state index contributed by atoms with van der Waals surface area (Å²) in [5.41, 5.74) is 0.867. The number of hydrogen-bond donors (Lipinski definition) is 2. The van der Waals surface area contributed by atoms with Crippen molar-refractivity contribution in [2.24, 2.45) is 0 Å². The van der Waals surface area contributed by atoms with Gasteiger partial charge < -0.3 is 15.2 Å². The second kappa shape index (κ2) is 10.0. The fourth-order valence-electron chi connectivity index (χ4n) is 2.70. The molecule has 0 bridgehead atoms. The van der Waals surface area contributed by atoms with Gasteiger partial charge in [0.2, 0.25) is 5.91 Å². The summed E-state index contributed by atoms with van der Waals surface area (Å²) in [7, 11) is 0. The van der Waals surface area contributed by atoms with Crippen LogP contribution < -0.4 is 10.6 Å². The molecule has 0 spiro atoms. The Hall–Kier alpha value is -2.79. The molecule has 0 saturated heterocycles. The number of aryl methyl sites for hydroxylation is 2. The molecule has 2 heterocycles. The first-order valence-electron chi connectivity index (χ1n) is 9.66. The van der Waals surface area contributed by atoms with Gasteiger partial charge in [0.15, 0.2) is 16.1 Å². The number of nitrogens with zero attached hydrogens (tertiary/aromatic N) is 4. The van der Waals surface area contributed by atoms with Crippen LogP contribution in [-0.2, 0) is 17.9 Å². The molecule has 31 heavy (non-hydrogen) atoms. The smallest absolute Gasteiger partial charge is 0.254 e. The molecule has 11 heteroatoms. The number of halogens is 1. The van der Waals surface area contributed by atoms with Gasteiger partial charge in [-0.05, 0) is 39.8 Å². The molecule has 0 fully saturated rings. The second-order valence-corrected chi connectivity index (χ2v) is 9.23. The summed E-state index contributed by atoms with van der Waals surface area (Å²) in [4.78, 5) is 30.2. The van der Waals surface area contributed by atoms with E-state index in [-0.39, 0.29) is 18.0 Å². The van der Waals surface area contributed by atoms with Crippen molar-refractivity contribution in [1.82, 2.24) is 25.1 Å². The van der Waals surface area contributed by atoms with Crippen LogP contribution in [0.5, 0.6) is 0 Å². The molecular weight excluding hydrogens is 439 g/mol. The normalized spacial score (nSPS) is 11.9. The third-order valence-electron chi connectivity index (χ3n) is 4.55. The zero-order chi connectivity index (χ0) is 22.5. The average Bonchev–Trinajstić information content (AvgIpc) is 3.27. The van der Waals surface area contributed by atoms with Gasteiger partial charge in [0, 0.05) is 11.4 Å². The van der Waals surface area contributed by atoms with Crippen molar-refractivity contribution >= 4 is 40.0 Å². The highest BCUT2D eigenvalue weighted by Gasteiger charge is 2.21. The number of thiazole rings is 1. The van der Waals surface area contributed by atoms with Gasteiger partial charge in [-0.3, -0.25) is 9.59 Å². The van der Waals surface area contributed by atoms with E-state index in [9.17, 15) is 14.0 Å². The molecule has 2 amide bonds. The Morgan fingerprint density at radius 3 is 2.65 bits per heavy atom. The first-order chi connectivity index (χ1) is 14.8. The van der Waals surface area contributed by atoms with E-state index in [1.165, 1.54) is 41.3 Å². The highest BCUT2D eigenvalue weighted by molar-refractivity contribution is 8.00. The SMILES string of the molecule is CCn1c(CNC(=O)c2ccccc2F)nnc1S[C@H](C)C(=O)Nc1nc(C)c(C)s1. The predicted octanol–water partition coefficient (Wildman–Crippen LogP) is 3.56. The van der Waals surface area contributed by atoms with Crippen molar-refractivity contribution in [2.75, 3.05) is 5.32 Å². The highest BCUT2D eigenvalue weighted by Crippen LogP contribution is 2.25. The third-order valence-corrected chi connectivity index (χ3v) is 6.61. The van der Waals surface area contributed by atoms with E-state index in [1.54, 1.807) is 13.0 Å². The van der Waals surface area contributed by atoms with E-state index >= 15 is 0 Å². The fraction of sp³-hybridized carbons (Fsp3) is 0.350. The summed E-state index contributed by atoms with van der Waals surface area (Å²) in [5, 5.41) is 14.5. The van der Waals surface area contributed by atoms with E-state index in [4.69, 9.17) is 0 Å². The maximum atomic E-state index is 13.8. The minimum Gasteiger partial charge on any atom is -0.345 e. The van der Waals surface area contributed by atoms with Gasteiger partial charge >= 0.3 is 0 Å². The molecule has 3 rings (SSSR count). The number of rotatable bonds is 8. The largest absolute Gasteiger partial charge is 0.345 e. The molecule has 1 aromatic carbocycles. The molecule has 0 aliphatic heterocycles. The Kier molecular flexibility index (Phi) is 7.39. The van der Waals surface area contributed by atoms with Gasteiger partial charge in [0.1, 0.15) is 5.82 Å². The van der Waals surface area contributed by atoms with E-state index in [0.29, 0.717) is 22.7 Å². The van der Waals surface area contributed by atoms with Crippen molar-refractivity contribution in [3.05, 3.63) is 52.0 Å². The van der Waals surface area contributed by atoms with Crippen molar-refractivity contribution in [3.8, 4) is 0 Å². The first kappa shape index (κ1) is 22.9. The van der Waals surface area contributed by atoms with Gasteiger partial charge in [0.05, 0.1) is 23.1 Å². The monoisotopic (exact) mass is 462 g/mol. The van der Waals surface area contributed by atoms with Gasteiger partial charge in [-0.15, -0.1) is 21.5 Å². The van der Waals surface area contributed by atoms with Crippen LogP contribution in [0.3, 0.4) is 0 Å². The molecule has 0 saturated carbocycles. The predicted molar refractivity (Wildman–Crippen MR) is 119 cm³/mol. The van der Waals surface area contributed by atoms with Crippen LogP contribution in [0.15, 0.2) is 29.4 Å². The van der Waals surface area contributed by atoms with Crippen LogP contribution in [0.4, 0.5) is 9.52 Å². The molecule has 0 radical (unpaired) electrons. The molecule has 0 aliphatic carbocycles. The lowest BCUT2D eigenvalue weighted by Gasteiger charge is -2.12. The molecule has 3 aromatic rings. The Morgan fingerprint density at radius 2 is 2.00 bits per heavy atom. The quantitative estimate of drug-likeness (QED) is 0.497. The van der Waals surface area contributed by atoms with Gasteiger partial charge in [-0.2, -0.15) is 0 Å². The zero-order valence-electron chi connectivity index (χ0n) is 17.6. The maximum Gasteiger partial charge on any atom is 0.254 e. The summed E-state index contributed by atoms with van der Waals surface area (Å²) in [6, 6.07) is 5.78. The maximum absolute atomic E-state index is 13.8. The Labute approximate surface area is 187 Å². The standard InChI is InChI=1S/C20H23FN6O2S2/c1-5-27-16(10-22-18(29)14-8-6-7-9-15(14)21)25-26-20(27)31-13(4)17(28)24-19-23-11(2)12(3)30-19/h6-9,13H,5,10H2,1-4H3,(H,22,29)(H,23,24,28)/t13-/m1/s1. The molecule has 1 atom stereocenters. The Bertz CT molecular complexity index is 1080. The summed E-state index contributed by atoms with van der Waals surface area (Å²) in [5.74, 6) is -0.773. The summed E-state index contributed by atoms with van der Waals surface area (Å²) < 4.78 is 15.6. The molecule has 2 aromatic heterocycles. The number of carbonyl (C=O) groups is 2. The Balaban J connectivity index is 1.63. The second-order valence-electron chi connectivity index (χ2n) is 6.72. The average molecular weight is 463 g/mol.